The van der Waals surface area contributed by atoms with Gasteiger partial charge < -0.3 is 14.8 Å². The first-order valence-corrected chi connectivity index (χ1v) is 8.03. The third kappa shape index (κ3) is 3.48. The summed E-state index contributed by atoms with van der Waals surface area (Å²) in [5.74, 6) is 1.42. The zero-order valence-electron chi connectivity index (χ0n) is 14.1. The lowest BCUT2D eigenvalue weighted by atomic mass is 9.95. The van der Waals surface area contributed by atoms with E-state index in [0.29, 0.717) is 24.7 Å². The molecule has 0 spiro atoms. The van der Waals surface area contributed by atoms with Crippen molar-refractivity contribution in [2.75, 3.05) is 13.2 Å². The van der Waals surface area contributed by atoms with Crippen molar-refractivity contribution in [1.29, 1.82) is 0 Å². The molecule has 126 valence electrons. The first-order chi connectivity index (χ1) is 11.5. The monoisotopic (exact) mass is 327 g/mol. The summed E-state index contributed by atoms with van der Waals surface area (Å²) in [6.07, 6.45) is 3.08. The molecule has 0 saturated carbocycles. The number of benzene rings is 1. The summed E-state index contributed by atoms with van der Waals surface area (Å²) in [5, 5.41) is 3.04. The van der Waals surface area contributed by atoms with Crippen LogP contribution in [0.2, 0.25) is 0 Å². The minimum Gasteiger partial charge on any atom is -0.486 e. The molecule has 0 unspecified atom stereocenters. The number of hydrogen-bond acceptors (Lipinski definition) is 5. The van der Waals surface area contributed by atoms with Crippen molar-refractivity contribution in [2.24, 2.45) is 5.92 Å². The first kappa shape index (κ1) is 16.2. The Bertz CT molecular complexity index is 729. The maximum Gasteiger partial charge on any atom is 0.271 e. The van der Waals surface area contributed by atoms with Gasteiger partial charge in [-0.25, -0.2) is 4.98 Å². The molecule has 1 aromatic heterocycles. The van der Waals surface area contributed by atoms with Crippen molar-refractivity contribution in [3.05, 3.63) is 47.5 Å². The van der Waals surface area contributed by atoms with E-state index in [0.717, 1.165) is 17.0 Å². The third-order valence-electron chi connectivity index (χ3n) is 3.89. The molecule has 1 aromatic carbocycles. The Morgan fingerprint density at radius 2 is 1.88 bits per heavy atom. The van der Waals surface area contributed by atoms with Crippen LogP contribution in [0, 0.1) is 12.8 Å². The first-order valence-electron chi connectivity index (χ1n) is 8.03. The van der Waals surface area contributed by atoms with E-state index in [9.17, 15) is 4.79 Å². The SMILES string of the molecule is Cc1cnc(C(=O)N[C@@H](c2ccc3c(c2)OCCO3)C(C)C)cn1. The fourth-order valence-electron chi connectivity index (χ4n) is 2.61. The molecule has 0 fully saturated rings. The summed E-state index contributed by atoms with van der Waals surface area (Å²) in [6, 6.07) is 5.62. The predicted molar refractivity (Wildman–Crippen MR) is 89.2 cm³/mol. The highest BCUT2D eigenvalue weighted by molar-refractivity contribution is 5.92. The van der Waals surface area contributed by atoms with E-state index >= 15 is 0 Å². The Morgan fingerprint density at radius 1 is 1.12 bits per heavy atom. The normalized spacial score (nSPS) is 14.3. The average molecular weight is 327 g/mol. The molecule has 1 atom stereocenters. The van der Waals surface area contributed by atoms with Crippen LogP contribution in [0.25, 0.3) is 0 Å². The van der Waals surface area contributed by atoms with Crippen LogP contribution in [0.3, 0.4) is 0 Å². The van der Waals surface area contributed by atoms with Gasteiger partial charge in [0.25, 0.3) is 5.91 Å². The molecule has 0 radical (unpaired) electrons. The van der Waals surface area contributed by atoms with E-state index in [2.05, 4.69) is 29.1 Å². The molecule has 1 N–H and O–H groups in total. The van der Waals surface area contributed by atoms with Gasteiger partial charge in [0.15, 0.2) is 11.5 Å². The third-order valence-corrected chi connectivity index (χ3v) is 3.89. The highest BCUT2D eigenvalue weighted by atomic mass is 16.6. The maximum atomic E-state index is 12.5. The Morgan fingerprint density at radius 3 is 2.54 bits per heavy atom. The number of rotatable bonds is 4. The van der Waals surface area contributed by atoms with Crippen molar-refractivity contribution in [2.45, 2.75) is 26.8 Å². The molecule has 1 aliphatic heterocycles. The number of amides is 1. The van der Waals surface area contributed by atoms with Gasteiger partial charge in [-0.3, -0.25) is 9.78 Å². The zero-order valence-corrected chi connectivity index (χ0v) is 14.1. The molecule has 0 saturated heterocycles. The fourth-order valence-corrected chi connectivity index (χ4v) is 2.61. The molecule has 1 aliphatic rings. The van der Waals surface area contributed by atoms with Crippen LogP contribution in [0.1, 0.15) is 41.6 Å². The highest BCUT2D eigenvalue weighted by Crippen LogP contribution is 2.34. The summed E-state index contributed by atoms with van der Waals surface area (Å²) in [5.41, 5.74) is 2.06. The molecule has 6 heteroatoms. The lowest BCUT2D eigenvalue weighted by molar-refractivity contribution is 0.0919. The molecule has 24 heavy (non-hydrogen) atoms. The summed E-state index contributed by atoms with van der Waals surface area (Å²) in [6.45, 7) is 7.04. The fraction of sp³-hybridized carbons (Fsp3) is 0.389. The molecule has 2 heterocycles. The van der Waals surface area contributed by atoms with Gasteiger partial charge in [0.1, 0.15) is 18.9 Å². The van der Waals surface area contributed by atoms with E-state index in [1.807, 2.05) is 25.1 Å². The molecule has 0 aliphatic carbocycles. The number of carbonyl (C=O) groups excluding carboxylic acids is 1. The summed E-state index contributed by atoms with van der Waals surface area (Å²) in [4.78, 5) is 20.7. The van der Waals surface area contributed by atoms with Gasteiger partial charge in [-0.1, -0.05) is 19.9 Å². The number of hydrogen-bond donors (Lipinski definition) is 1. The van der Waals surface area contributed by atoms with Gasteiger partial charge in [-0.05, 0) is 30.5 Å². The summed E-state index contributed by atoms with van der Waals surface area (Å²) in [7, 11) is 0. The van der Waals surface area contributed by atoms with Crippen LogP contribution >= 0.6 is 0 Å². The highest BCUT2D eigenvalue weighted by Gasteiger charge is 2.22. The van der Waals surface area contributed by atoms with Gasteiger partial charge in [0.05, 0.1) is 17.9 Å². The molecular formula is C18H21N3O3. The standard InChI is InChI=1S/C18H21N3O3/c1-11(2)17(21-18(22)14-10-19-12(3)9-20-14)13-4-5-15-16(8-13)24-7-6-23-15/h4-5,8-11,17H,6-7H2,1-3H3,(H,21,22)/t17-/m1/s1. The minimum atomic E-state index is -0.240. The van der Waals surface area contributed by atoms with Crippen molar-refractivity contribution in [3.63, 3.8) is 0 Å². The van der Waals surface area contributed by atoms with Crippen LogP contribution in [0.5, 0.6) is 11.5 Å². The van der Waals surface area contributed by atoms with Crippen LogP contribution in [-0.2, 0) is 0 Å². The number of fused-ring (bicyclic) bond motifs is 1. The van der Waals surface area contributed by atoms with E-state index < -0.39 is 0 Å². The molecular weight excluding hydrogens is 306 g/mol. The van der Waals surface area contributed by atoms with Crippen LogP contribution in [0.4, 0.5) is 0 Å². The number of nitrogens with zero attached hydrogens (tertiary/aromatic N) is 2. The number of aryl methyl sites for hydroxylation is 1. The minimum absolute atomic E-state index is 0.156. The summed E-state index contributed by atoms with van der Waals surface area (Å²) < 4.78 is 11.2. The van der Waals surface area contributed by atoms with Gasteiger partial charge >= 0.3 is 0 Å². The molecule has 0 bridgehead atoms. The molecule has 3 rings (SSSR count). The Labute approximate surface area is 141 Å². The number of carbonyl (C=O) groups is 1. The molecule has 1 amide bonds. The van der Waals surface area contributed by atoms with E-state index in [4.69, 9.17) is 9.47 Å². The van der Waals surface area contributed by atoms with E-state index in [1.54, 1.807) is 6.20 Å². The van der Waals surface area contributed by atoms with Crippen molar-refractivity contribution in [1.82, 2.24) is 15.3 Å². The van der Waals surface area contributed by atoms with Crippen molar-refractivity contribution < 1.29 is 14.3 Å². The predicted octanol–water partition coefficient (Wildman–Crippen LogP) is 2.68. The maximum absolute atomic E-state index is 12.5. The van der Waals surface area contributed by atoms with Crippen molar-refractivity contribution in [3.8, 4) is 11.5 Å². The van der Waals surface area contributed by atoms with Crippen LogP contribution in [0.15, 0.2) is 30.6 Å². The topological polar surface area (TPSA) is 73.3 Å². The molecule has 2 aromatic rings. The smallest absolute Gasteiger partial charge is 0.271 e. The van der Waals surface area contributed by atoms with E-state index in [1.165, 1.54) is 6.20 Å². The summed E-state index contributed by atoms with van der Waals surface area (Å²) >= 11 is 0. The number of ether oxygens (including phenoxy) is 2. The van der Waals surface area contributed by atoms with Gasteiger partial charge in [-0.15, -0.1) is 0 Å². The second kappa shape index (κ2) is 6.86. The average Bonchev–Trinajstić information content (AvgIpc) is 2.59. The van der Waals surface area contributed by atoms with Crippen LogP contribution < -0.4 is 14.8 Å². The second-order valence-electron chi connectivity index (χ2n) is 6.14. The second-order valence-corrected chi connectivity index (χ2v) is 6.14. The van der Waals surface area contributed by atoms with Gasteiger partial charge in [0.2, 0.25) is 0 Å². The number of nitrogens with one attached hydrogen (secondary N) is 1. The van der Waals surface area contributed by atoms with E-state index in [-0.39, 0.29) is 17.9 Å². The number of aromatic nitrogens is 2. The Balaban J connectivity index is 1.82. The van der Waals surface area contributed by atoms with Gasteiger partial charge in [-0.2, -0.15) is 0 Å². The van der Waals surface area contributed by atoms with Gasteiger partial charge in [0, 0.05) is 6.20 Å². The zero-order chi connectivity index (χ0) is 17.1. The van der Waals surface area contributed by atoms with Crippen LogP contribution in [-0.4, -0.2) is 29.1 Å². The van der Waals surface area contributed by atoms with Crippen molar-refractivity contribution >= 4 is 5.91 Å². The Kier molecular flexibility index (Phi) is 4.64. The largest absolute Gasteiger partial charge is 0.486 e. The Hall–Kier alpha value is -2.63. The quantitative estimate of drug-likeness (QED) is 0.934. The lowest BCUT2D eigenvalue weighted by Gasteiger charge is -2.25. The molecule has 6 nitrogen and oxygen atoms in total. The lowest BCUT2D eigenvalue weighted by Crippen LogP contribution is -2.32.